The zero-order valence-electron chi connectivity index (χ0n) is 19.3. The van der Waals surface area contributed by atoms with Crippen molar-refractivity contribution in [1.29, 1.82) is 0 Å². The molecule has 30 heavy (non-hydrogen) atoms. The van der Waals surface area contributed by atoms with E-state index in [0.717, 1.165) is 70.4 Å². The lowest BCUT2D eigenvalue weighted by Gasteiger charge is -2.44. The molecule has 1 aliphatic carbocycles. The molecule has 172 valence electrons. The van der Waals surface area contributed by atoms with Crippen molar-refractivity contribution < 1.29 is 18.9 Å². The first kappa shape index (κ1) is 21.6. The van der Waals surface area contributed by atoms with Gasteiger partial charge in [0, 0.05) is 39.3 Å². The van der Waals surface area contributed by atoms with Gasteiger partial charge in [-0.15, -0.1) is 0 Å². The summed E-state index contributed by atoms with van der Waals surface area (Å²) in [6.07, 6.45) is 5.95. The SMILES string of the molecule is CC(C)(C)C1CC(CN(CC2CO2)CC2CO2)CC(CN(CC2CO2)CC2CO2)C1. The maximum absolute atomic E-state index is 5.55. The lowest BCUT2D eigenvalue weighted by molar-refractivity contribution is 0.0575. The molecule has 0 bridgehead atoms. The van der Waals surface area contributed by atoms with Gasteiger partial charge < -0.3 is 18.9 Å². The third-order valence-corrected chi connectivity index (χ3v) is 7.62. The van der Waals surface area contributed by atoms with Crippen molar-refractivity contribution in [1.82, 2.24) is 9.80 Å². The minimum atomic E-state index is 0.380. The number of ether oxygens (including phenoxy) is 4. The van der Waals surface area contributed by atoms with E-state index in [1.54, 1.807) is 0 Å². The van der Waals surface area contributed by atoms with E-state index in [9.17, 15) is 0 Å². The van der Waals surface area contributed by atoms with Gasteiger partial charge in [-0.3, -0.25) is 9.80 Å². The molecule has 0 amide bonds. The van der Waals surface area contributed by atoms with Gasteiger partial charge in [0.1, 0.15) is 0 Å². The van der Waals surface area contributed by atoms with Crippen molar-refractivity contribution >= 4 is 0 Å². The summed E-state index contributed by atoms with van der Waals surface area (Å²) in [6.45, 7) is 17.9. The van der Waals surface area contributed by atoms with Gasteiger partial charge in [-0.25, -0.2) is 0 Å². The van der Waals surface area contributed by atoms with Crippen LogP contribution in [0.25, 0.3) is 0 Å². The van der Waals surface area contributed by atoms with E-state index in [0.29, 0.717) is 29.8 Å². The Morgan fingerprint density at radius 3 is 1.17 bits per heavy atom. The van der Waals surface area contributed by atoms with Crippen LogP contribution in [-0.4, -0.2) is 99.9 Å². The van der Waals surface area contributed by atoms with Gasteiger partial charge in [0.15, 0.2) is 0 Å². The predicted octanol–water partition coefficient (Wildman–Crippen LogP) is 2.26. The fraction of sp³-hybridized carbons (Fsp3) is 1.00. The van der Waals surface area contributed by atoms with E-state index in [-0.39, 0.29) is 0 Å². The van der Waals surface area contributed by atoms with E-state index < -0.39 is 0 Å². The summed E-state index contributed by atoms with van der Waals surface area (Å²) >= 11 is 0. The third-order valence-electron chi connectivity index (χ3n) is 7.62. The highest BCUT2D eigenvalue weighted by Gasteiger charge is 2.39. The number of epoxide rings is 4. The normalized spacial score (nSPS) is 40.1. The predicted molar refractivity (Wildman–Crippen MR) is 116 cm³/mol. The van der Waals surface area contributed by atoms with Gasteiger partial charge in [-0.1, -0.05) is 20.8 Å². The molecule has 6 nitrogen and oxygen atoms in total. The van der Waals surface area contributed by atoms with E-state index in [1.807, 2.05) is 0 Å². The molecule has 4 aliphatic heterocycles. The monoisotopic (exact) mass is 422 g/mol. The molecule has 0 aromatic heterocycles. The van der Waals surface area contributed by atoms with Crippen molar-refractivity contribution in [3.8, 4) is 0 Å². The summed E-state index contributed by atoms with van der Waals surface area (Å²) in [5, 5.41) is 0. The van der Waals surface area contributed by atoms with Gasteiger partial charge in [0.05, 0.1) is 50.8 Å². The number of rotatable bonds is 12. The van der Waals surface area contributed by atoms with Crippen LogP contribution < -0.4 is 0 Å². The molecule has 0 spiro atoms. The molecule has 4 heterocycles. The highest BCUT2D eigenvalue weighted by Crippen LogP contribution is 2.43. The van der Waals surface area contributed by atoms with Crippen LogP contribution in [0, 0.1) is 23.2 Å². The smallest absolute Gasteiger partial charge is 0.0936 e. The summed E-state index contributed by atoms with van der Waals surface area (Å²) in [6, 6.07) is 0. The van der Waals surface area contributed by atoms with E-state index in [1.165, 1.54) is 32.4 Å². The average molecular weight is 423 g/mol. The Labute approximate surface area is 182 Å². The zero-order chi connectivity index (χ0) is 20.7. The van der Waals surface area contributed by atoms with Crippen molar-refractivity contribution in [2.24, 2.45) is 23.2 Å². The Hall–Kier alpha value is -0.240. The van der Waals surface area contributed by atoms with Crippen LogP contribution in [0.2, 0.25) is 0 Å². The van der Waals surface area contributed by atoms with Gasteiger partial charge >= 0.3 is 0 Å². The summed E-state index contributed by atoms with van der Waals surface area (Å²) in [5.41, 5.74) is 0.380. The quantitative estimate of drug-likeness (QED) is 0.450. The Morgan fingerprint density at radius 1 is 0.567 bits per heavy atom. The molecular formula is C24H42N2O4. The fourth-order valence-electron chi connectivity index (χ4n) is 5.59. The molecule has 6 unspecified atom stereocenters. The second kappa shape index (κ2) is 8.95. The summed E-state index contributed by atoms with van der Waals surface area (Å²) in [7, 11) is 0. The largest absolute Gasteiger partial charge is 0.372 e. The van der Waals surface area contributed by atoms with Gasteiger partial charge in [-0.05, 0) is 42.4 Å². The van der Waals surface area contributed by atoms with Gasteiger partial charge in [0.25, 0.3) is 0 Å². The average Bonchev–Trinajstić information content (AvgIpc) is 3.50. The molecule has 5 fully saturated rings. The van der Waals surface area contributed by atoms with Gasteiger partial charge in [0.2, 0.25) is 0 Å². The van der Waals surface area contributed by atoms with Crippen molar-refractivity contribution in [3.63, 3.8) is 0 Å². The molecule has 5 aliphatic rings. The van der Waals surface area contributed by atoms with Crippen LogP contribution in [0.15, 0.2) is 0 Å². The Balaban J connectivity index is 1.21. The number of hydrogen-bond donors (Lipinski definition) is 0. The molecule has 6 heteroatoms. The molecule has 1 saturated carbocycles. The summed E-state index contributed by atoms with van der Waals surface area (Å²) < 4.78 is 22.2. The second-order valence-electron chi connectivity index (χ2n) is 11.8. The highest BCUT2D eigenvalue weighted by atomic mass is 16.6. The molecule has 0 radical (unpaired) electrons. The fourth-order valence-corrected chi connectivity index (χ4v) is 5.59. The number of hydrogen-bond acceptors (Lipinski definition) is 6. The molecule has 6 atom stereocenters. The van der Waals surface area contributed by atoms with Crippen LogP contribution in [0.4, 0.5) is 0 Å². The first-order valence-corrected chi connectivity index (χ1v) is 12.3. The minimum absolute atomic E-state index is 0.380. The Morgan fingerprint density at radius 2 is 0.900 bits per heavy atom. The van der Waals surface area contributed by atoms with Crippen LogP contribution in [-0.2, 0) is 18.9 Å². The van der Waals surface area contributed by atoms with Crippen LogP contribution in [0.5, 0.6) is 0 Å². The Bertz CT molecular complexity index is 496. The van der Waals surface area contributed by atoms with Crippen LogP contribution >= 0.6 is 0 Å². The third kappa shape index (κ3) is 6.88. The second-order valence-corrected chi connectivity index (χ2v) is 11.8. The van der Waals surface area contributed by atoms with Crippen molar-refractivity contribution in [2.75, 3.05) is 65.7 Å². The highest BCUT2D eigenvalue weighted by molar-refractivity contribution is 4.90. The van der Waals surface area contributed by atoms with Crippen LogP contribution in [0.1, 0.15) is 40.0 Å². The maximum atomic E-state index is 5.55. The first-order chi connectivity index (χ1) is 14.4. The van der Waals surface area contributed by atoms with Gasteiger partial charge in [-0.2, -0.15) is 0 Å². The molecule has 0 aromatic carbocycles. The van der Waals surface area contributed by atoms with Crippen molar-refractivity contribution in [2.45, 2.75) is 64.4 Å². The van der Waals surface area contributed by atoms with E-state index >= 15 is 0 Å². The van der Waals surface area contributed by atoms with E-state index in [4.69, 9.17) is 18.9 Å². The number of nitrogens with zero attached hydrogens (tertiary/aromatic N) is 2. The summed E-state index contributed by atoms with van der Waals surface area (Å²) in [5.74, 6) is 2.36. The van der Waals surface area contributed by atoms with Crippen LogP contribution in [0.3, 0.4) is 0 Å². The molecule has 4 saturated heterocycles. The topological polar surface area (TPSA) is 56.6 Å². The molecule has 0 aromatic rings. The minimum Gasteiger partial charge on any atom is -0.372 e. The first-order valence-electron chi connectivity index (χ1n) is 12.3. The lowest BCUT2D eigenvalue weighted by Crippen LogP contribution is -2.43. The molecule has 0 N–H and O–H groups in total. The molecular weight excluding hydrogens is 380 g/mol. The summed E-state index contributed by atoms with van der Waals surface area (Å²) in [4.78, 5) is 5.30. The zero-order valence-corrected chi connectivity index (χ0v) is 19.3. The lowest BCUT2D eigenvalue weighted by atomic mass is 9.65. The standard InChI is InChI=1S/C24H42N2O4/c1-24(2,3)19-5-17(7-25(9-20-13-27-20)10-21-14-28-21)4-18(6-19)8-26(11-22-15-29-22)12-23-16-30-23/h17-23H,4-16H2,1-3H3. The van der Waals surface area contributed by atoms with E-state index in [2.05, 4.69) is 30.6 Å². The Kier molecular flexibility index (Phi) is 6.44. The maximum Gasteiger partial charge on any atom is 0.0936 e. The molecule has 5 rings (SSSR count). The van der Waals surface area contributed by atoms with Crippen molar-refractivity contribution in [3.05, 3.63) is 0 Å².